The van der Waals surface area contributed by atoms with Crippen LogP contribution in [0.15, 0.2) is 71.6 Å². The second kappa shape index (κ2) is 12.0. The number of nitrogens with zero attached hydrogens (tertiary/aromatic N) is 2. The number of aryl methyl sites for hydroxylation is 1. The monoisotopic (exact) mass is 555 g/mol. The average molecular weight is 556 g/mol. The summed E-state index contributed by atoms with van der Waals surface area (Å²) in [6.45, 7) is 6.03. The van der Waals surface area contributed by atoms with Crippen LogP contribution >= 0.6 is 11.8 Å². The summed E-state index contributed by atoms with van der Waals surface area (Å²) in [5, 5.41) is 0. The summed E-state index contributed by atoms with van der Waals surface area (Å²) in [6.07, 6.45) is 2.43. The zero-order chi connectivity index (χ0) is 27.4. The maximum Gasteiger partial charge on any atom is 0.415 e. The number of rotatable bonds is 9. The van der Waals surface area contributed by atoms with Gasteiger partial charge in [0.25, 0.3) is 0 Å². The van der Waals surface area contributed by atoms with Gasteiger partial charge < -0.3 is 9.22 Å². The van der Waals surface area contributed by atoms with E-state index in [1.54, 1.807) is 11.8 Å². The average Bonchev–Trinajstić information content (AvgIpc) is 2.93. The van der Waals surface area contributed by atoms with Crippen LogP contribution in [0.4, 0.5) is 23.7 Å². The molecule has 1 unspecified atom stereocenters. The molecule has 3 saturated heterocycles. The molecule has 1 atom stereocenters. The van der Waals surface area contributed by atoms with Crippen LogP contribution in [0.1, 0.15) is 30.4 Å². The minimum atomic E-state index is -0.938. The Bertz CT molecular complexity index is 1300. The second-order valence-electron chi connectivity index (χ2n) is 10.8. The van der Waals surface area contributed by atoms with Crippen molar-refractivity contribution < 1.29 is 27.2 Å². The maximum atomic E-state index is 13.9. The number of hydrogen-bond donors (Lipinski definition) is 0. The number of halogens is 3. The first-order valence-corrected chi connectivity index (χ1v) is 14.5. The van der Waals surface area contributed by atoms with Crippen LogP contribution in [-0.2, 0) is 11.3 Å². The zero-order valence-corrected chi connectivity index (χ0v) is 22.9. The van der Waals surface area contributed by atoms with Crippen molar-refractivity contribution in [1.29, 1.82) is 0 Å². The number of piperidine rings is 3. The van der Waals surface area contributed by atoms with Crippen LogP contribution < -0.4 is 4.90 Å². The van der Waals surface area contributed by atoms with Gasteiger partial charge in [-0.3, -0.25) is 4.90 Å². The van der Waals surface area contributed by atoms with E-state index in [4.69, 9.17) is 4.74 Å². The Morgan fingerprint density at radius 3 is 2.49 bits per heavy atom. The Balaban J connectivity index is 1.24. The van der Waals surface area contributed by atoms with Crippen LogP contribution in [0.25, 0.3) is 0 Å². The van der Waals surface area contributed by atoms with Crippen molar-refractivity contribution in [2.24, 2.45) is 5.92 Å². The van der Waals surface area contributed by atoms with Gasteiger partial charge in [-0.05, 0) is 66.6 Å². The number of benzene rings is 3. The number of anilines is 1. The summed E-state index contributed by atoms with van der Waals surface area (Å²) in [4.78, 5) is 16.2. The number of ether oxygens (including phenoxy) is 1. The van der Waals surface area contributed by atoms with Crippen LogP contribution in [0, 0.1) is 30.3 Å². The standard InChI is InChI=1S/C31H34F3N2O2S/c1-22-4-2-5-26(18-22)35(20-23-6-11-28(33)29(34)19-23)31(37)38-30-21-36(15-12-24(30)13-16-36)14-3-17-39-27-9-7-25(32)8-10-27/h2,4-11,18-19,24,30H,3,12-17,20-21H2,1H3/q+1. The molecule has 206 valence electrons. The fraction of sp³-hybridized carbons (Fsp3) is 0.387. The third kappa shape index (κ3) is 6.79. The first-order valence-electron chi connectivity index (χ1n) is 13.5. The van der Waals surface area contributed by atoms with Gasteiger partial charge in [-0.2, -0.15) is 0 Å². The molecule has 0 aromatic heterocycles. The Morgan fingerprint density at radius 1 is 1.00 bits per heavy atom. The third-order valence-corrected chi connectivity index (χ3v) is 9.11. The molecule has 3 aliphatic rings. The number of carbonyl (C=O) groups is 1. The van der Waals surface area contributed by atoms with E-state index in [0.717, 1.165) is 78.3 Å². The maximum absolute atomic E-state index is 13.9. The highest BCUT2D eigenvalue weighted by atomic mass is 32.2. The van der Waals surface area contributed by atoms with Gasteiger partial charge in [-0.15, -0.1) is 11.8 Å². The van der Waals surface area contributed by atoms with Gasteiger partial charge in [-0.25, -0.2) is 18.0 Å². The summed E-state index contributed by atoms with van der Waals surface area (Å²) >= 11 is 1.74. The normalized spacial score (nSPS) is 22.1. The lowest BCUT2D eigenvalue weighted by molar-refractivity contribution is -0.946. The highest BCUT2D eigenvalue weighted by Gasteiger charge is 2.47. The predicted octanol–water partition coefficient (Wildman–Crippen LogP) is 7.35. The number of hydrogen-bond acceptors (Lipinski definition) is 3. The van der Waals surface area contributed by atoms with Gasteiger partial charge in [0.15, 0.2) is 17.7 Å². The molecular weight excluding hydrogens is 521 g/mol. The molecule has 3 aromatic carbocycles. The van der Waals surface area contributed by atoms with Crippen molar-refractivity contribution in [3.05, 3.63) is 95.3 Å². The number of amides is 1. The SMILES string of the molecule is Cc1cccc(N(Cc2ccc(F)c(F)c2)C(=O)OC2C[N+]3(CCCSc4ccc(F)cc4)CCC2CC3)c1. The van der Waals surface area contributed by atoms with Crippen LogP contribution in [0.2, 0.25) is 0 Å². The first kappa shape index (κ1) is 27.6. The zero-order valence-electron chi connectivity index (χ0n) is 22.1. The summed E-state index contributed by atoms with van der Waals surface area (Å²) in [5.41, 5.74) is 2.14. The molecular formula is C31H34F3N2O2S+. The molecule has 0 spiro atoms. The molecule has 3 heterocycles. The molecule has 4 nitrogen and oxygen atoms in total. The minimum absolute atomic E-state index is 0.0808. The van der Waals surface area contributed by atoms with Gasteiger partial charge in [0.05, 0.1) is 26.2 Å². The predicted molar refractivity (Wildman–Crippen MR) is 148 cm³/mol. The minimum Gasteiger partial charge on any atom is -0.440 e. The van der Waals surface area contributed by atoms with E-state index in [1.165, 1.54) is 23.1 Å². The van der Waals surface area contributed by atoms with Crippen molar-refractivity contribution in [3.8, 4) is 0 Å². The number of thioether (sulfide) groups is 1. The summed E-state index contributed by atoms with van der Waals surface area (Å²) < 4.78 is 47.7. The van der Waals surface area contributed by atoms with Crippen LogP contribution in [-0.4, -0.2) is 48.6 Å². The molecule has 6 rings (SSSR count). The molecule has 39 heavy (non-hydrogen) atoms. The van der Waals surface area contributed by atoms with Crippen LogP contribution in [0.5, 0.6) is 0 Å². The molecule has 0 saturated carbocycles. The topological polar surface area (TPSA) is 29.5 Å². The smallest absolute Gasteiger partial charge is 0.415 e. The lowest BCUT2D eigenvalue weighted by atomic mass is 9.83. The van der Waals surface area contributed by atoms with E-state index in [1.807, 2.05) is 43.3 Å². The molecule has 0 radical (unpaired) electrons. The number of carbonyl (C=O) groups excluding carboxylic acids is 1. The summed E-state index contributed by atoms with van der Waals surface area (Å²) in [5.74, 6) is -0.785. The number of quaternary nitrogens is 1. The van der Waals surface area contributed by atoms with E-state index < -0.39 is 17.7 Å². The summed E-state index contributed by atoms with van der Waals surface area (Å²) in [7, 11) is 0. The molecule has 3 fully saturated rings. The summed E-state index contributed by atoms with van der Waals surface area (Å²) in [6, 6.07) is 17.9. The Labute approximate surface area is 232 Å². The quantitative estimate of drug-likeness (QED) is 0.157. The van der Waals surface area contributed by atoms with Gasteiger partial charge in [-0.1, -0.05) is 18.2 Å². The number of fused-ring (bicyclic) bond motifs is 3. The van der Waals surface area contributed by atoms with Crippen LogP contribution in [0.3, 0.4) is 0 Å². The fourth-order valence-electron chi connectivity index (χ4n) is 5.86. The highest BCUT2D eigenvalue weighted by molar-refractivity contribution is 7.99. The lowest BCUT2D eigenvalue weighted by Crippen LogP contribution is -2.65. The van der Waals surface area contributed by atoms with Crippen molar-refractivity contribution in [3.63, 3.8) is 0 Å². The third-order valence-electron chi connectivity index (χ3n) is 8.01. The molecule has 0 aliphatic carbocycles. The molecule has 2 bridgehead atoms. The van der Waals surface area contributed by atoms with E-state index in [-0.39, 0.29) is 18.5 Å². The first-order chi connectivity index (χ1) is 18.8. The molecule has 3 aromatic rings. The van der Waals surface area contributed by atoms with E-state index in [2.05, 4.69) is 0 Å². The Hall–Kier alpha value is -2.97. The fourth-order valence-corrected chi connectivity index (χ4v) is 6.70. The van der Waals surface area contributed by atoms with Gasteiger partial charge in [0.2, 0.25) is 0 Å². The second-order valence-corrected chi connectivity index (χ2v) is 12.0. The van der Waals surface area contributed by atoms with Crippen molar-refractivity contribution >= 4 is 23.5 Å². The van der Waals surface area contributed by atoms with Gasteiger partial charge in [0.1, 0.15) is 12.4 Å². The molecule has 3 aliphatic heterocycles. The van der Waals surface area contributed by atoms with Crippen molar-refractivity contribution in [2.75, 3.05) is 36.8 Å². The largest absolute Gasteiger partial charge is 0.440 e. The molecule has 1 amide bonds. The van der Waals surface area contributed by atoms with Gasteiger partial charge >= 0.3 is 6.09 Å². The lowest BCUT2D eigenvalue weighted by Gasteiger charge is -2.52. The highest BCUT2D eigenvalue weighted by Crippen LogP contribution is 2.37. The Morgan fingerprint density at radius 2 is 1.77 bits per heavy atom. The van der Waals surface area contributed by atoms with E-state index >= 15 is 0 Å². The van der Waals surface area contributed by atoms with Crippen molar-refractivity contribution in [1.82, 2.24) is 0 Å². The van der Waals surface area contributed by atoms with E-state index in [9.17, 15) is 18.0 Å². The Kier molecular flexibility index (Phi) is 8.52. The van der Waals surface area contributed by atoms with Gasteiger partial charge in [0, 0.05) is 41.5 Å². The van der Waals surface area contributed by atoms with E-state index in [0.29, 0.717) is 17.2 Å². The molecule has 0 N–H and O–H groups in total. The van der Waals surface area contributed by atoms with Crippen molar-refractivity contribution in [2.45, 2.75) is 43.7 Å². The molecule has 8 heteroatoms.